The van der Waals surface area contributed by atoms with Crippen LogP contribution in [0.25, 0.3) is 0 Å². The molecule has 1 saturated heterocycles. The quantitative estimate of drug-likeness (QED) is 0.364. The van der Waals surface area contributed by atoms with Crippen LogP contribution in [-0.2, 0) is 4.74 Å². The van der Waals surface area contributed by atoms with Crippen LogP contribution in [0.1, 0.15) is 54.4 Å². The number of halogens is 1. The van der Waals surface area contributed by atoms with Gasteiger partial charge in [0.25, 0.3) is 0 Å². The summed E-state index contributed by atoms with van der Waals surface area (Å²) in [6.07, 6.45) is 6.29. The Morgan fingerprint density at radius 3 is 1.80 bits per heavy atom. The number of hydrogen-bond donors (Lipinski definition) is 1. The van der Waals surface area contributed by atoms with Gasteiger partial charge in [0.1, 0.15) is 0 Å². The van der Waals surface area contributed by atoms with E-state index in [1.165, 1.54) is 11.1 Å². The number of ether oxygens (including phenoxy) is 1. The van der Waals surface area contributed by atoms with Crippen molar-refractivity contribution >= 4 is 23.1 Å². The van der Waals surface area contributed by atoms with Crippen LogP contribution in [0.2, 0.25) is 0 Å². The standard InChI is InChI=1S/C8H16O.C5H9.C3H6O.ClH.Mg/c1-7(2)5-4-6-8(3)9;1-4-5(2)3;1-3-2-4-3;;/h5,8-9H,4,6H2,1-3H3;4H,1H2,2-3H3;3H,2H2,1H3;1H;/q;-1;;;+2/p-1/t8-;;3-;;/m0.0../s1. The second-order valence-corrected chi connectivity index (χ2v) is 5.13. The normalized spacial score (nSPS) is 15.4. The minimum Gasteiger partial charge on any atom is -1.00 e. The molecule has 1 fully saturated rings. The van der Waals surface area contributed by atoms with Crippen LogP contribution >= 0.6 is 0 Å². The summed E-state index contributed by atoms with van der Waals surface area (Å²) >= 11 is 0. The van der Waals surface area contributed by atoms with E-state index in [2.05, 4.69) is 33.8 Å². The summed E-state index contributed by atoms with van der Waals surface area (Å²) in [5.74, 6) is 0. The summed E-state index contributed by atoms with van der Waals surface area (Å²) in [5, 5.41) is 8.84. The van der Waals surface area contributed by atoms with Gasteiger partial charge in [0.05, 0.1) is 18.8 Å². The fourth-order valence-corrected chi connectivity index (χ4v) is 0.709. The van der Waals surface area contributed by atoms with Gasteiger partial charge >= 0.3 is 23.1 Å². The molecule has 1 rings (SSSR count). The third kappa shape index (κ3) is 42.9. The smallest absolute Gasteiger partial charge is 1.00 e. The van der Waals surface area contributed by atoms with Gasteiger partial charge in [0.15, 0.2) is 0 Å². The Morgan fingerprint density at radius 2 is 1.65 bits per heavy atom. The molecule has 2 nitrogen and oxygen atoms in total. The molecular formula is C16H31ClMgO2. The Bertz CT molecular complexity index is 239. The number of aliphatic hydroxyl groups excluding tert-OH is 1. The van der Waals surface area contributed by atoms with Crippen LogP contribution in [0.3, 0.4) is 0 Å². The van der Waals surface area contributed by atoms with Gasteiger partial charge in [-0.1, -0.05) is 11.6 Å². The molecule has 0 radical (unpaired) electrons. The van der Waals surface area contributed by atoms with Crippen molar-refractivity contribution in [3.8, 4) is 0 Å². The van der Waals surface area contributed by atoms with E-state index in [4.69, 9.17) is 9.84 Å². The predicted molar refractivity (Wildman–Crippen MR) is 86.3 cm³/mol. The molecule has 0 amide bonds. The zero-order valence-corrected chi connectivity index (χ0v) is 16.2. The van der Waals surface area contributed by atoms with Gasteiger partial charge in [-0.05, 0) is 40.5 Å². The van der Waals surface area contributed by atoms with E-state index >= 15 is 0 Å². The maximum absolute atomic E-state index is 8.84. The number of allylic oxidation sites excluding steroid dienone is 4. The first-order valence-corrected chi connectivity index (χ1v) is 6.65. The predicted octanol–water partition coefficient (Wildman–Crippen LogP) is 0.929. The molecule has 1 heterocycles. The minimum atomic E-state index is -0.152. The molecule has 0 aliphatic carbocycles. The maximum atomic E-state index is 8.84. The topological polar surface area (TPSA) is 32.8 Å². The van der Waals surface area contributed by atoms with Crippen molar-refractivity contribution in [1.29, 1.82) is 0 Å². The summed E-state index contributed by atoms with van der Waals surface area (Å²) in [6, 6.07) is 0. The molecule has 1 aliphatic rings. The zero-order valence-electron chi connectivity index (χ0n) is 14.1. The Labute approximate surface area is 148 Å². The van der Waals surface area contributed by atoms with Gasteiger partial charge in [0.2, 0.25) is 0 Å². The molecule has 0 saturated carbocycles. The van der Waals surface area contributed by atoms with Gasteiger partial charge in [-0.3, -0.25) is 0 Å². The first-order valence-electron chi connectivity index (χ1n) is 6.65. The average molecular weight is 315 g/mol. The molecule has 0 aromatic rings. The second-order valence-electron chi connectivity index (χ2n) is 5.13. The van der Waals surface area contributed by atoms with Crippen LogP contribution in [0.15, 0.2) is 23.3 Å². The summed E-state index contributed by atoms with van der Waals surface area (Å²) in [5.41, 5.74) is 2.60. The summed E-state index contributed by atoms with van der Waals surface area (Å²) < 4.78 is 4.71. The van der Waals surface area contributed by atoms with E-state index in [0.717, 1.165) is 19.4 Å². The van der Waals surface area contributed by atoms with E-state index in [1.807, 2.05) is 26.8 Å². The monoisotopic (exact) mass is 314 g/mol. The van der Waals surface area contributed by atoms with Crippen LogP contribution in [0.4, 0.5) is 0 Å². The van der Waals surface area contributed by atoms with Crippen molar-refractivity contribution in [2.45, 2.75) is 66.6 Å². The molecule has 20 heavy (non-hydrogen) atoms. The van der Waals surface area contributed by atoms with Crippen LogP contribution in [-0.4, -0.2) is 47.0 Å². The van der Waals surface area contributed by atoms with E-state index in [1.54, 1.807) is 0 Å². The first-order chi connectivity index (χ1) is 8.29. The largest absolute Gasteiger partial charge is 2.00 e. The van der Waals surface area contributed by atoms with Crippen molar-refractivity contribution in [2.24, 2.45) is 0 Å². The molecule has 0 bridgehead atoms. The van der Waals surface area contributed by atoms with E-state index in [0.29, 0.717) is 6.10 Å². The molecule has 2 atom stereocenters. The minimum absolute atomic E-state index is 0. The van der Waals surface area contributed by atoms with Crippen LogP contribution in [0.5, 0.6) is 0 Å². The molecular weight excluding hydrogens is 284 g/mol. The van der Waals surface area contributed by atoms with Crippen molar-refractivity contribution in [2.75, 3.05) is 6.61 Å². The van der Waals surface area contributed by atoms with E-state index < -0.39 is 0 Å². The summed E-state index contributed by atoms with van der Waals surface area (Å²) in [4.78, 5) is 0. The molecule has 4 heteroatoms. The van der Waals surface area contributed by atoms with Gasteiger partial charge in [-0.15, -0.1) is 13.8 Å². The summed E-state index contributed by atoms with van der Waals surface area (Å²) in [7, 11) is 0. The van der Waals surface area contributed by atoms with Gasteiger partial charge in [-0.25, -0.2) is 18.6 Å². The number of aliphatic hydroxyl groups is 1. The molecule has 0 aromatic heterocycles. The van der Waals surface area contributed by atoms with Crippen LogP contribution < -0.4 is 12.4 Å². The Morgan fingerprint density at radius 1 is 1.30 bits per heavy atom. The number of hydrogen-bond acceptors (Lipinski definition) is 2. The van der Waals surface area contributed by atoms with Gasteiger partial charge < -0.3 is 22.3 Å². The molecule has 0 spiro atoms. The molecule has 0 aromatic carbocycles. The van der Waals surface area contributed by atoms with Crippen molar-refractivity contribution < 1.29 is 22.3 Å². The Kier molecular flexibility index (Phi) is 27.5. The van der Waals surface area contributed by atoms with Gasteiger partial charge in [-0.2, -0.15) is 0 Å². The Hall–Kier alpha value is 0.326. The van der Waals surface area contributed by atoms with Crippen molar-refractivity contribution in [3.05, 3.63) is 30.2 Å². The van der Waals surface area contributed by atoms with E-state index in [-0.39, 0.29) is 41.6 Å². The van der Waals surface area contributed by atoms with Crippen molar-refractivity contribution in [1.82, 2.24) is 0 Å². The zero-order chi connectivity index (χ0) is 14.6. The maximum Gasteiger partial charge on any atom is 2.00 e. The molecule has 0 unspecified atom stereocenters. The number of epoxide rings is 1. The second kappa shape index (κ2) is 19.3. The number of rotatable bonds is 3. The molecule has 116 valence electrons. The Balaban J connectivity index is -0.0000000995. The SMILES string of the molecule is CC(C)=CCC[C@H](C)O.C[C@H]1CO1.[CH2-]C=C(C)C.[Cl-].[Mg+2]. The average Bonchev–Trinajstić information content (AvgIpc) is 3.01. The van der Waals surface area contributed by atoms with Crippen molar-refractivity contribution in [3.63, 3.8) is 0 Å². The fourth-order valence-electron chi connectivity index (χ4n) is 0.709. The van der Waals surface area contributed by atoms with E-state index in [9.17, 15) is 0 Å². The van der Waals surface area contributed by atoms with Crippen LogP contribution in [0, 0.1) is 6.92 Å². The fraction of sp³-hybridized carbons (Fsp3) is 0.688. The van der Waals surface area contributed by atoms with Gasteiger partial charge in [0, 0.05) is 0 Å². The molecule has 1 aliphatic heterocycles. The third-order valence-corrected chi connectivity index (χ3v) is 2.05. The first kappa shape index (κ1) is 28.5. The third-order valence-electron chi connectivity index (χ3n) is 2.05. The summed E-state index contributed by atoms with van der Waals surface area (Å²) in [6.45, 7) is 16.6. The molecule has 1 N–H and O–H groups in total.